The standard InChI is InChI=1S/C18H11BrF3NO2/c1-9-15(17(24)25)13-8-12(19)6-7-14(13)23-16(9)10-2-4-11(5-3-10)18(20,21)22/h2-8H,1H3,(H,24,25). The number of halogens is 4. The molecule has 1 N–H and O–H groups in total. The van der Waals surface area contributed by atoms with Gasteiger partial charge in [0.1, 0.15) is 0 Å². The van der Waals surface area contributed by atoms with Crippen molar-refractivity contribution >= 4 is 32.8 Å². The minimum absolute atomic E-state index is 0.0844. The van der Waals surface area contributed by atoms with E-state index in [4.69, 9.17) is 0 Å². The van der Waals surface area contributed by atoms with E-state index in [2.05, 4.69) is 20.9 Å². The Balaban J connectivity index is 2.25. The number of aromatic nitrogens is 1. The average molecular weight is 410 g/mol. The van der Waals surface area contributed by atoms with Crippen LogP contribution in [-0.4, -0.2) is 16.1 Å². The summed E-state index contributed by atoms with van der Waals surface area (Å²) in [6, 6.07) is 9.58. The zero-order chi connectivity index (χ0) is 18.4. The van der Waals surface area contributed by atoms with Gasteiger partial charge in [0, 0.05) is 15.4 Å². The Bertz CT molecular complexity index is 982. The van der Waals surface area contributed by atoms with Crippen LogP contribution in [-0.2, 0) is 6.18 Å². The first-order chi connectivity index (χ1) is 11.7. The van der Waals surface area contributed by atoms with Gasteiger partial charge in [-0.25, -0.2) is 9.78 Å². The molecule has 0 unspecified atom stereocenters. The van der Waals surface area contributed by atoms with Gasteiger partial charge in [-0.15, -0.1) is 0 Å². The molecule has 25 heavy (non-hydrogen) atoms. The van der Waals surface area contributed by atoms with Gasteiger partial charge in [0.2, 0.25) is 0 Å². The van der Waals surface area contributed by atoms with Gasteiger partial charge in [-0.3, -0.25) is 0 Å². The van der Waals surface area contributed by atoms with Crippen LogP contribution in [0.15, 0.2) is 46.9 Å². The van der Waals surface area contributed by atoms with Crippen LogP contribution in [0.4, 0.5) is 13.2 Å². The highest BCUT2D eigenvalue weighted by Gasteiger charge is 2.30. The Kier molecular flexibility index (Phi) is 4.28. The molecule has 1 aromatic heterocycles. The Morgan fingerprint density at radius 2 is 1.76 bits per heavy atom. The third kappa shape index (κ3) is 3.24. The smallest absolute Gasteiger partial charge is 0.416 e. The van der Waals surface area contributed by atoms with Gasteiger partial charge in [-0.2, -0.15) is 13.2 Å². The summed E-state index contributed by atoms with van der Waals surface area (Å²) in [4.78, 5) is 16.2. The van der Waals surface area contributed by atoms with Crippen LogP contribution in [0.1, 0.15) is 21.5 Å². The van der Waals surface area contributed by atoms with Crippen molar-refractivity contribution in [2.75, 3.05) is 0 Å². The Hall–Kier alpha value is -2.41. The molecule has 0 bridgehead atoms. The van der Waals surface area contributed by atoms with Crippen molar-refractivity contribution in [1.82, 2.24) is 4.98 Å². The largest absolute Gasteiger partial charge is 0.478 e. The molecule has 0 saturated carbocycles. The molecule has 1 heterocycles. The van der Waals surface area contributed by atoms with E-state index in [0.717, 1.165) is 12.1 Å². The topological polar surface area (TPSA) is 50.2 Å². The maximum Gasteiger partial charge on any atom is 0.416 e. The number of aromatic carboxylic acids is 1. The number of benzene rings is 2. The van der Waals surface area contributed by atoms with Gasteiger partial charge in [0.05, 0.1) is 22.3 Å². The van der Waals surface area contributed by atoms with E-state index in [0.29, 0.717) is 32.2 Å². The zero-order valence-electron chi connectivity index (χ0n) is 12.9. The van der Waals surface area contributed by atoms with Gasteiger partial charge in [-0.05, 0) is 42.8 Å². The highest BCUT2D eigenvalue weighted by molar-refractivity contribution is 9.10. The number of carboxylic acid groups (broad SMARTS) is 1. The molecule has 0 amide bonds. The highest BCUT2D eigenvalue weighted by Crippen LogP contribution is 2.34. The number of nitrogens with zero attached hydrogens (tertiary/aromatic N) is 1. The maximum atomic E-state index is 12.7. The molecule has 0 aliphatic carbocycles. The first-order valence-corrected chi connectivity index (χ1v) is 7.98. The van der Waals surface area contributed by atoms with E-state index in [1.807, 2.05) is 0 Å². The fourth-order valence-corrected chi connectivity index (χ4v) is 3.07. The lowest BCUT2D eigenvalue weighted by Crippen LogP contribution is -2.06. The number of fused-ring (bicyclic) bond motifs is 1. The summed E-state index contributed by atoms with van der Waals surface area (Å²) in [6.07, 6.45) is -4.43. The summed E-state index contributed by atoms with van der Waals surface area (Å²) in [5.41, 5.74) is 0.955. The fraction of sp³-hybridized carbons (Fsp3) is 0.111. The molecule has 2 aromatic carbocycles. The van der Waals surface area contributed by atoms with Crippen LogP contribution in [0, 0.1) is 6.92 Å². The van der Waals surface area contributed by atoms with Crippen LogP contribution >= 0.6 is 15.9 Å². The molecule has 0 radical (unpaired) electrons. The second kappa shape index (κ2) is 6.15. The minimum Gasteiger partial charge on any atom is -0.478 e. The van der Waals surface area contributed by atoms with E-state index >= 15 is 0 Å². The average Bonchev–Trinajstić information content (AvgIpc) is 2.53. The predicted molar refractivity (Wildman–Crippen MR) is 91.6 cm³/mol. The van der Waals surface area contributed by atoms with Crippen LogP contribution < -0.4 is 0 Å². The summed E-state index contributed by atoms with van der Waals surface area (Å²) in [7, 11) is 0. The second-order valence-electron chi connectivity index (χ2n) is 5.50. The first-order valence-electron chi connectivity index (χ1n) is 7.19. The Labute approximate surface area is 149 Å². The number of carboxylic acids is 1. The summed E-state index contributed by atoms with van der Waals surface area (Å²) in [5.74, 6) is -1.11. The van der Waals surface area contributed by atoms with Crippen molar-refractivity contribution in [3.05, 3.63) is 63.6 Å². The second-order valence-corrected chi connectivity index (χ2v) is 6.42. The van der Waals surface area contributed by atoms with Crippen molar-refractivity contribution in [1.29, 1.82) is 0 Å². The highest BCUT2D eigenvalue weighted by atomic mass is 79.9. The van der Waals surface area contributed by atoms with Crippen LogP contribution in [0.5, 0.6) is 0 Å². The summed E-state index contributed by atoms with van der Waals surface area (Å²) >= 11 is 3.30. The number of hydrogen-bond donors (Lipinski definition) is 1. The quantitative estimate of drug-likeness (QED) is 0.591. The summed E-state index contributed by atoms with van der Waals surface area (Å²) < 4.78 is 38.9. The molecule has 3 aromatic rings. The molecule has 128 valence electrons. The molecule has 3 nitrogen and oxygen atoms in total. The molecule has 0 spiro atoms. The number of alkyl halides is 3. The van der Waals surface area contributed by atoms with Crippen molar-refractivity contribution in [3.8, 4) is 11.3 Å². The molecular weight excluding hydrogens is 399 g/mol. The van der Waals surface area contributed by atoms with E-state index in [-0.39, 0.29) is 5.56 Å². The van der Waals surface area contributed by atoms with Crippen LogP contribution in [0.25, 0.3) is 22.2 Å². The fourth-order valence-electron chi connectivity index (χ4n) is 2.70. The molecule has 0 atom stereocenters. The molecular formula is C18H11BrF3NO2. The van der Waals surface area contributed by atoms with Crippen molar-refractivity contribution in [2.24, 2.45) is 0 Å². The van der Waals surface area contributed by atoms with Gasteiger partial charge < -0.3 is 5.11 Å². The van der Waals surface area contributed by atoms with Crippen molar-refractivity contribution in [2.45, 2.75) is 13.1 Å². The number of pyridine rings is 1. The van der Waals surface area contributed by atoms with Crippen LogP contribution in [0.2, 0.25) is 0 Å². The van der Waals surface area contributed by atoms with Crippen molar-refractivity contribution in [3.63, 3.8) is 0 Å². The van der Waals surface area contributed by atoms with E-state index in [1.165, 1.54) is 12.1 Å². The third-order valence-corrected chi connectivity index (χ3v) is 4.38. The molecule has 0 aliphatic heterocycles. The lowest BCUT2D eigenvalue weighted by Gasteiger charge is -2.13. The van der Waals surface area contributed by atoms with Gasteiger partial charge in [0.25, 0.3) is 0 Å². The molecule has 0 aliphatic rings. The van der Waals surface area contributed by atoms with E-state index in [9.17, 15) is 23.1 Å². The SMILES string of the molecule is Cc1c(-c2ccc(C(F)(F)F)cc2)nc2ccc(Br)cc2c1C(=O)O. The molecule has 0 saturated heterocycles. The lowest BCUT2D eigenvalue weighted by atomic mass is 9.97. The summed E-state index contributed by atoms with van der Waals surface area (Å²) in [6.45, 7) is 1.60. The number of carbonyl (C=O) groups is 1. The maximum absolute atomic E-state index is 12.7. The number of hydrogen-bond acceptors (Lipinski definition) is 2. The monoisotopic (exact) mass is 409 g/mol. The Morgan fingerprint density at radius 1 is 1.12 bits per heavy atom. The number of rotatable bonds is 2. The van der Waals surface area contributed by atoms with E-state index < -0.39 is 17.7 Å². The van der Waals surface area contributed by atoms with Gasteiger partial charge in [0.15, 0.2) is 0 Å². The van der Waals surface area contributed by atoms with Gasteiger partial charge in [-0.1, -0.05) is 28.1 Å². The lowest BCUT2D eigenvalue weighted by molar-refractivity contribution is -0.137. The molecule has 0 fully saturated rings. The molecule has 3 rings (SSSR count). The summed E-state index contributed by atoms with van der Waals surface area (Å²) in [5, 5.41) is 10.1. The van der Waals surface area contributed by atoms with Crippen molar-refractivity contribution < 1.29 is 23.1 Å². The minimum atomic E-state index is -4.43. The first kappa shape index (κ1) is 17.4. The zero-order valence-corrected chi connectivity index (χ0v) is 14.4. The van der Waals surface area contributed by atoms with Crippen LogP contribution in [0.3, 0.4) is 0 Å². The Morgan fingerprint density at radius 3 is 2.32 bits per heavy atom. The molecule has 7 heteroatoms. The van der Waals surface area contributed by atoms with E-state index in [1.54, 1.807) is 25.1 Å². The van der Waals surface area contributed by atoms with Gasteiger partial charge >= 0.3 is 12.1 Å². The normalized spacial score (nSPS) is 11.7. The third-order valence-electron chi connectivity index (χ3n) is 3.89. The predicted octanol–water partition coefficient (Wildman–Crippen LogP) is 5.69.